The molecule has 3 N–H and O–H groups in total. The zero-order valence-electron chi connectivity index (χ0n) is 18.0. The first kappa shape index (κ1) is 22.0. The van der Waals surface area contributed by atoms with Gasteiger partial charge in [0.15, 0.2) is 0 Å². The molecule has 0 spiro atoms. The van der Waals surface area contributed by atoms with E-state index in [4.69, 9.17) is 0 Å². The first-order valence-corrected chi connectivity index (χ1v) is 10.8. The van der Waals surface area contributed by atoms with Crippen LogP contribution in [0.2, 0.25) is 0 Å². The Morgan fingerprint density at radius 1 is 1.06 bits per heavy atom. The maximum absolute atomic E-state index is 12.2. The minimum atomic E-state index is -0.237. The first-order chi connectivity index (χ1) is 16.0. The molecule has 1 aliphatic carbocycles. The lowest BCUT2D eigenvalue weighted by Crippen LogP contribution is -2.25. The first-order valence-electron chi connectivity index (χ1n) is 10.8. The van der Waals surface area contributed by atoms with Crippen molar-refractivity contribution in [1.82, 2.24) is 20.4 Å². The number of nitrogens with one attached hydrogen (secondary N) is 3. The van der Waals surface area contributed by atoms with E-state index in [-0.39, 0.29) is 24.3 Å². The average molecular weight is 444 g/mol. The molecule has 1 fully saturated rings. The predicted octanol–water partition coefficient (Wildman–Crippen LogP) is 2.74. The van der Waals surface area contributed by atoms with Crippen LogP contribution in [-0.2, 0) is 22.7 Å². The number of hydrogen-bond acceptors (Lipinski definition) is 4. The van der Waals surface area contributed by atoms with E-state index in [2.05, 4.69) is 21.0 Å². The highest BCUT2D eigenvalue weighted by molar-refractivity contribution is 5.95. The number of anilines is 1. The van der Waals surface area contributed by atoms with E-state index in [1.54, 1.807) is 59.5 Å². The Labute approximate surface area is 191 Å². The fourth-order valence-electron chi connectivity index (χ4n) is 3.16. The smallest absolute Gasteiger partial charge is 0.251 e. The van der Waals surface area contributed by atoms with E-state index in [0.717, 1.165) is 24.0 Å². The summed E-state index contributed by atoms with van der Waals surface area (Å²) in [6, 6.07) is 16.5. The highest BCUT2D eigenvalue weighted by Gasteiger charge is 2.23. The van der Waals surface area contributed by atoms with Gasteiger partial charge in [-0.25, -0.2) is 0 Å². The molecule has 2 aromatic carbocycles. The van der Waals surface area contributed by atoms with Crippen LogP contribution in [0.4, 0.5) is 5.69 Å². The van der Waals surface area contributed by atoms with Crippen molar-refractivity contribution in [2.75, 3.05) is 5.32 Å². The number of rotatable bonds is 9. The van der Waals surface area contributed by atoms with Crippen LogP contribution in [0, 0.1) is 0 Å². The summed E-state index contributed by atoms with van der Waals surface area (Å²) in [6.07, 6.45) is 8.59. The topological polar surface area (TPSA) is 105 Å². The Kier molecular flexibility index (Phi) is 6.94. The van der Waals surface area contributed by atoms with Gasteiger partial charge < -0.3 is 16.0 Å². The molecule has 0 radical (unpaired) electrons. The molecule has 0 saturated heterocycles. The van der Waals surface area contributed by atoms with Crippen LogP contribution in [-0.4, -0.2) is 33.5 Å². The number of carbonyl (C=O) groups is 3. The Bertz CT molecular complexity index is 1150. The van der Waals surface area contributed by atoms with Gasteiger partial charge in [0.25, 0.3) is 5.91 Å². The molecule has 0 atom stereocenters. The van der Waals surface area contributed by atoms with Crippen LogP contribution in [0.5, 0.6) is 0 Å². The third-order valence-electron chi connectivity index (χ3n) is 5.05. The molecule has 1 heterocycles. The summed E-state index contributed by atoms with van der Waals surface area (Å²) in [5.74, 6) is -0.483. The zero-order chi connectivity index (χ0) is 23.0. The quantitative estimate of drug-likeness (QED) is 0.442. The van der Waals surface area contributed by atoms with Gasteiger partial charge >= 0.3 is 0 Å². The largest absolute Gasteiger partial charge is 0.349 e. The number of hydrogen-bond donors (Lipinski definition) is 3. The monoisotopic (exact) mass is 443 g/mol. The molecule has 0 unspecified atom stereocenters. The van der Waals surface area contributed by atoms with E-state index in [9.17, 15) is 14.4 Å². The molecule has 8 heteroatoms. The van der Waals surface area contributed by atoms with Gasteiger partial charge in [-0.2, -0.15) is 5.10 Å². The van der Waals surface area contributed by atoms with Crippen LogP contribution in [0.15, 0.2) is 73.1 Å². The van der Waals surface area contributed by atoms with Crippen LogP contribution >= 0.6 is 0 Å². The maximum atomic E-state index is 12.2. The number of amides is 3. The predicted molar refractivity (Wildman–Crippen MR) is 125 cm³/mol. The van der Waals surface area contributed by atoms with Crippen molar-refractivity contribution in [1.29, 1.82) is 0 Å². The SMILES string of the molecule is O=C(/C=C/c1ccc(C(=O)NC2CC2)cc1)NCc1cccc(NC(=O)Cn2cccn2)c1. The molecular weight excluding hydrogens is 418 g/mol. The fourth-order valence-corrected chi connectivity index (χ4v) is 3.16. The van der Waals surface area contributed by atoms with Crippen LogP contribution < -0.4 is 16.0 Å². The van der Waals surface area contributed by atoms with Gasteiger partial charge in [-0.1, -0.05) is 24.3 Å². The number of benzene rings is 2. The van der Waals surface area contributed by atoms with Gasteiger partial charge in [0.1, 0.15) is 6.54 Å². The standard InChI is InChI=1S/C25H25N5O3/c31-23(12-7-18-5-8-20(9-6-18)25(33)29-21-10-11-21)26-16-19-3-1-4-22(15-19)28-24(32)17-30-14-2-13-27-30/h1-9,12-15,21H,10-11,16-17H2,(H,26,31)(H,28,32)(H,29,33)/b12-7+. The summed E-state index contributed by atoms with van der Waals surface area (Å²) in [5.41, 5.74) is 2.95. The number of aromatic nitrogens is 2. The van der Waals surface area contributed by atoms with Crippen LogP contribution in [0.25, 0.3) is 6.08 Å². The summed E-state index contributed by atoms with van der Waals surface area (Å²) in [6.45, 7) is 0.456. The number of carbonyl (C=O) groups excluding carboxylic acids is 3. The highest BCUT2D eigenvalue weighted by atomic mass is 16.2. The molecule has 33 heavy (non-hydrogen) atoms. The highest BCUT2D eigenvalue weighted by Crippen LogP contribution is 2.19. The minimum Gasteiger partial charge on any atom is -0.349 e. The van der Waals surface area contributed by atoms with E-state index in [1.165, 1.54) is 6.08 Å². The molecule has 168 valence electrons. The average Bonchev–Trinajstić information content (AvgIpc) is 3.48. The summed E-state index contributed by atoms with van der Waals surface area (Å²) >= 11 is 0. The Morgan fingerprint density at radius 2 is 1.88 bits per heavy atom. The molecule has 1 saturated carbocycles. The molecule has 3 aromatic rings. The second kappa shape index (κ2) is 10.4. The molecule has 1 aromatic heterocycles. The summed E-state index contributed by atoms with van der Waals surface area (Å²) in [4.78, 5) is 36.3. The van der Waals surface area contributed by atoms with Crippen molar-refractivity contribution < 1.29 is 14.4 Å². The van der Waals surface area contributed by atoms with Gasteiger partial charge in [0.05, 0.1) is 0 Å². The molecule has 3 amide bonds. The Balaban J connectivity index is 1.24. The van der Waals surface area contributed by atoms with E-state index < -0.39 is 0 Å². The molecule has 0 bridgehead atoms. The van der Waals surface area contributed by atoms with E-state index in [1.807, 2.05) is 18.2 Å². The third-order valence-corrected chi connectivity index (χ3v) is 5.05. The lowest BCUT2D eigenvalue weighted by molar-refractivity contribution is -0.117. The van der Waals surface area contributed by atoms with Crippen molar-refractivity contribution in [3.8, 4) is 0 Å². The van der Waals surface area contributed by atoms with Crippen molar-refractivity contribution in [2.24, 2.45) is 0 Å². The van der Waals surface area contributed by atoms with Crippen molar-refractivity contribution in [3.63, 3.8) is 0 Å². The molecular formula is C25H25N5O3. The van der Waals surface area contributed by atoms with Gasteiger partial charge in [-0.15, -0.1) is 0 Å². The van der Waals surface area contributed by atoms with Gasteiger partial charge in [-0.05, 0) is 60.4 Å². The van der Waals surface area contributed by atoms with Crippen LogP contribution in [0.3, 0.4) is 0 Å². The van der Waals surface area contributed by atoms with Gasteiger partial charge in [-0.3, -0.25) is 19.1 Å². The fraction of sp³-hybridized carbons (Fsp3) is 0.200. The summed E-state index contributed by atoms with van der Waals surface area (Å²) in [5, 5.41) is 12.6. The Hall–Kier alpha value is -4.20. The number of nitrogens with zero attached hydrogens (tertiary/aromatic N) is 2. The third kappa shape index (κ3) is 6.90. The van der Waals surface area contributed by atoms with Crippen molar-refractivity contribution in [3.05, 3.63) is 89.8 Å². The normalized spacial score (nSPS) is 13.0. The second-order valence-electron chi connectivity index (χ2n) is 7.87. The van der Waals surface area contributed by atoms with E-state index >= 15 is 0 Å². The molecule has 1 aliphatic rings. The Morgan fingerprint density at radius 3 is 2.61 bits per heavy atom. The summed E-state index contributed by atoms with van der Waals surface area (Å²) < 4.78 is 1.54. The molecule has 8 nitrogen and oxygen atoms in total. The molecule has 4 rings (SSSR count). The van der Waals surface area contributed by atoms with Crippen LogP contribution in [0.1, 0.15) is 34.3 Å². The van der Waals surface area contributed by atoms with E-state index in [0.29, 0.717) is 23.8 Å². The second-order valence-corrected chi connectivity index (χ2v) is 7.87. The molecule has 0 aliphatic heterocycles. The lowest BCUT2D eigenvalue weighted by Gasteiger charge is -2.08. The van der Waals surface area contributed by atoms with Gasteiger partial charge in [0.2, 0.25) is 11.8 Å². The summed E-state index contributed by atoms with van der Waals surface area (Å²) in [7, 11) is 0. The lowest BCUT2D eigenvalue weighted by atomic mass is 10.1. The van der Waals surface area contributed by atoms with Gasteiger partial charge in [0, 0.05) is 42.3 Å². The van der Waals surface area contributed by atoms with Crippen molar-refractivity contribution >= 4 is 29.5 Å². The zero-order valence-corrected chi connectivity index (χ0v) is 18.0. The maximum Gasteiger partial charge on any atom is 0.251 e. The van der Waals surface area contributed by atoms with Crippen molar-refractivity contribution in [2.45, 2.75) is 32.0 Å². The minimum absolute atomic E-state index is 0.0643.